The molecule has 2 aliphatic carbocycles. The molecule has 0 saturated heterocycles. The van der Waals surface area contributed by atoms with E-state index in [0.717, 1.165) is 45.9 Å². The molecule has 70 heavy (non-hydrogen) atoms. The highest BCUT2D eigenvalue weighted by Gasteiger charge is 2.47. The Balaban J connectivity index is 0.901. The lowest BCUT2D eigenvalue weighted by Crippen LogP contribution is -2.30. The van der Waals surface area contributed by atoms with Gasteiger partial charge in [0.15, 0.2) is 0 Å². The predicted octanol–water partition coefficient (Wildman–Crippen LogP) is 17.8. The second-order valence-corrected chi connectivity index (χ2v) is 18.5. The summed E-state index contributed by atoms with van der Waals surface area (Å²) in [6, 6.07) is 88.9. The molecule has 0 fully saturated rings. The zero-order valence-electron chi connectivity index (χ0n) is 38.7. The Labute approximate surface area is 409 Å². The Hall–Kier alpha value is -8.98. The van der Waals surface area contributed by atoms with Gasteiger partial charge in [-0.3, -0.25) is 0 Å². The van der Waals surface area contributed by atoms with Crippen molar-refractivity contribution in [3.63, 3.8) is 0 Å². The molecule has 2 heteroatoms. The van der Waals surface area contributed by atoms with Gasteiger partial charge >= 0.3 is 0 Å². The van der Waals surface area contributed by atoms with Crippen molar-refractivity contribution in [3.05, 3.63) is 301 Å². The minimum Gasteiger partial charge on any atom is -0.310 e. The summed E-state index contributed by atoms with van der Waals surface area (Å²) in [6.45, 7) is 4.87. The summed E-state index contributed by atoms with van der Waals surface area (Å²) in [4.78, 5) is 2.41. The first-order valence-corrected chi connectivity index (χ1v) is 24.2. The molecule has 2 aliphatic rings. The van der Waals surface area contributed by atoms with Gasteiger partial charge in [0.25, 0.3) is 0 Å². The fourth-order valence-electron chi connectivity index (χ4n) is 11.4. The van der Waals surface area contributed by atoms with E-state index >= 15 is 0 Å². The van der Waals surface area contributed by atoms with E-state index in [9.17, 15) is 0 Å². The molecule has 10 aromatic carbocycles. The van der Waals surface area contributed by atoms with Crippen LogP contribution < -0.4 is 4.90 Å². The van der Waals surface area contributed by atoms with Gasteiger partial charge < -0.3 is 9.47 Å². The first-order chi connectivity index (χ1) is 34.6. The lowest BCUT2D eigenvalue weighted by atomic mass is 9.66. The molecule has 1 unspecified atom stereocenters. The molecule has 0 radical (unpaired) electrons. The fraction of sp³-hybridized carbons (Fsp3) is 0.0294. The van der Waals surface area contributed by atoms with Crippen molar-refractivity contribution in [3.8, 4) is 50.2 Å². The minimum absolute atomic E-state index is 0.572. The van der Waals surface area contributed by atoms with Gasteiger partial charge in [-0.05, 0) is 152 Å². The Bertz CT molecular complexity index is 3870. The van der Waals surface area contributed by atoms with E-state index in [1.54, 1.807) is 0 Å². The first kappa shape index (κ1) is 41.2. The third kappa shape index (κ3) is 6.71. The van der Waals surface area contributed by atoms with Crippen molar-refractivity contribution in [1.82, 2.24) is 4.57 Å². The molecule has 330 valence electrons. The van der Waals surface area contributed by atoms with Crippen LogP contribution in [0.2, 0.25) is 0 Å². The summed E-state index contributed by atoms with van der Waals surface area (Å²) in [6.07, 6.45) is 9.63. The van der Waals surface area contributed by atoms with Gasteiger partial charge in [-0.25, -0.2) is 0 Å². The molecule has 0 saturated carbocycles. The average molecular weight is 893 g/mol. The SMILES string of the molecule is C=C1/C=C\C=C/Cc2ccccc2C12c1ccccc1-c1ccc(N(c3ccccc3)c3cccc(-c4cccc(-c5ccc6c(c5)c5ccccc5n6-c5ccc(-c6ccccc6)cc5)c4)c3)cc12. The van der Waals surface area contributed by atoms with Crippen molar-refractivity contribution >= 4 is 38.9 Å². The van der Waals surface area contributed by atoms with E-state index in [1.807, 2.05) is 0 Å². The zero-order valence-corrected chi connectivity index (χ0v) is 38.7. The molecular formula is C68H48N2. The largest absolute Gasteiger partial charge is 0.310 e. The van der Waals surface area contributed by atoms with Gasteiger partial charge in [0.2, 0.25) is 0 Å². The maximum atomic E-state index is 4.87. The monoisotopic (exact) mass is 892 g/mol. The maximum absolute atomic E-state index is 4.87. The maximum Gasteiger partial charge on any atom is 0.0711 e. The molecule has 0 amide bonds. The number of nitrogens with zero attached hydrogens (tertiary/aromatic N) is 2. The second-order valence-electron chi connectivity index (χ2n) is 18.5. The third-order valence-corrected chi connectivity index (χ3v) is 14.6. The minimum atomic E-state index is -0.572. The molecular weight excluding hydrogens is 845 g/mol. The predicted molar refractivity (Wildman–Crippen MR) is 295 cm³/mol. The Kier molecular flexibility index (Phi) is 9.99. The van der Waals surface area contributed by atoms with E-state index in [-0.39, 0.29) is 0 Å². The van der Waals surface area contributed by atoms with Crippen LogP contribution in [-0.4, -0.2) is 4.57 Å². The van der Waals surface area contributed by atoms with E-state index in [2.05, 4.69) is 276 Å². The van der Waals surface area contributed by atoms with E-state index in [0.29, 0.717) is 0 Å². The summed E-state index contributed by atoms with van der Waals surface area (Å²) in [7, 11) is 0. The molecule has 2 nitrogen and oxygen atoms in total. The van der Waals surface area contributed by atoms with Crippen LogP contribution in [-0.2, 0) is 11.8 Å². The van der Waals surface area contributed by atoms with Gasteiger partial charge in [0.05, 0.1) is 16.4 Å². The Morgan fingerprint density at radius 2 is 0.971 bits per heavy atom. The average Bonchev–Trinajstić information content (AvgIpc) is 3.93. The van der Waals surface area contributed by atoms with Crippen LogP contribution in [0.15, 0.2) is 279 Å². The molecule has 0 aliphatic heterocycles. The first-order valence-electron chi connectivity index (χ1n) is 24.2. The zero-order chi connectivity index (χ0) is 46.6. The summed E-state index contributed by atoms with van der Waals surface area (Å²) in [5.41, 5.74) is 22.0. The number of aromatic nitrogens is 1. The van der Waals surface area contributed by atoms with Gasteiger partial charge in [0, 0.05) is 33.5 Å². The number of fused-ring (bicyclic) bond motifs is 10. The third-order valence-electron chi connectivity index (χ3n) is 14.6. The summed E-state index contributed by atoms with van der Waals surface area (Å²) >= 11 is 0. The van der Waals surface area contributed by atoms with Crippen molar-refractivity contribution < 1.29 is 0 Å². The molecule has 1 heterocycles. The number of benzene rings is 10. The molecule has 0 bridgehead atoms. The van der Waals surface area contributed by atoms with Crippen LogP contribution in [0.25, 0.3) is 72.0 Å². The number of hydrogen-bond acceptors (Lipinski definition) is 1. The topological polar surface area (TPSA) is 8.17 Å². The van der Waals surface area contributed by atoms with Gasteiger partial charge in [0.1, 0.15) is 0 Å². The second kappa shape index (κ2) is 17.0. The van der Waals surface area contributed by atoms with Crippen molar-refractivity contribution in [2.45, 2.75) is 11.8 Å². The van der Waals surface area contributed by atoms with Crippen molar-refractivity contribution in [1.29, 1.82) is 0 Å². The fourth-order valence-corrected chi connectivity index (χ4v) is 11.4. The van der Waals surface area contributed by atoms with Crippen molar-refractivity contribution in [2.24, 2.45) is 0 Å². The van der Waals surface area contributed by atoms with E-state index in [1.165, 1.54) is 77.4 Å². The quantitative estimate of drug-likeness (QED) is 0.155. The number of para-hydroxylation sites is 2. The highest BCUT2D eigenvalue weighted by atomic mass is 15.1. The van der Waals surface area contributed by atoms with Crippen LogP contribution in [0.3, 0.4) is 0 Å². The lowest BCUT2D eigenvalue weighted by Gasteiger charge is -2.36. The number of anilines is 3. The Morgan fingerprint density at radius 3 is 1.80 bits per heavy atom. The van der Waals surface area contributed by atoms with Crippen LogP contribution in [0, 0.1) is 0 Å². The molecule has 1 aromatic heterocycles. The molecule has 0 N–H and O–H groups in total. The highest BCUT2D eigenvalue weighted by molar-refractivity contribution is 6.10. The van der Waals surface area contributed by atoms with Crippen LogP contribution >= 0.6 is 0 Å². The van der Waals surface area contributed by atoms with Gasteiger partial charge in [-0.1, -0.05) is 201 Å². The molecule has 1 spiro atoms. The van der Waals surface area contributed by atoms with E-state index < -0.39 is 5.41 Å². The van der Waals surface area contributed by atoms with Gasteiger partial charge in [-0.2, -0.15) is 0 Å². The lowest BCUT2D eigenvalue weighted by molar-refractivity contribution is 0.760. The highest BCUT2D eigenvalue weighted by Crippen LogP contribution is 2.58. The molecule has 1 atom stereocenters. The summed E-state index contributed by atoms with van der Waals surface area (Å²) in [5.74, 6) is 0. The number of hydrogen-bond donors (Lipinski definition) is 0. The number of allylic oxidation sites excluding steroid dienone is 5. The number of rotatable bonds is 7. The molecule has 13 rings (SSSR count). The summed E-state index contributed by atoms with van der Waals surface area (Å²) < 4.78 is 2.39. The van der Waals surface area contributed by atoms with E-state index in [4.69, 9.17) is 6.58 Å². The Morgan fingerprint density at radius 1 is 0.386 bits per heavy atom. The van der Waals surface area contributed by atoms with Gasteiger partial charge in [-0.15, -0.1) is 0 Å². The molecule has 11 aromatic rings. The van der Waals surface area contributed by atoms with Crippen LogP contribution in [0.4, 0.5) is 17.1 Å². The van der Waals surface area contributed by atoms with Crippen molar-refractivity contribution in [2.75, 3.05) is 4.90 Å². The smallest absolute Gasteiger partial charge is 0.0711 e. The summed E-state index contributed by atoms with van der Waals surface area (Å²) in [5, 5.41) is 2.48. The standard InChI is InChI=1S/C68H48N2/c1-47-19-5-2-8-22-50-23-11-14-32-63(50)68(47)64-33-15-12-30-59(64)60-41-40-58(46-65(60)68)69(55-27-9-4-10-28-55)57-29-18-26-53(44-57)51-24-17-25-52(43-51)54-37-42-67-62(45-54)61-31-13-16-34-66(61)70(67)56-38-35-49(36-39-56)48-20-6-3-7-21-48/h2-21,23-46H,1,22H2/b8-2-,19-5-. The van der Waals surface area contributed by atoms with Crippen LogP contribution in [0.5, 0.6) is 0 Å². The normalized spacial score (nSPS) is 15.7. The van der Waals surface area contributed by atoms with Crippen LogP contribution in [0.1, 0.15) is 22.3 Å².